The fraction of sp³-hybridized carbons (Fsp3) is 0.176. The second kappa shape index (κ2) is 7.76. The first-order chi connectivity index (χ1) is 11.7. The van der Waals surface area contributed by atoms with Gasteiger partial charge in [0, 0.05) is 10.9 Å². The van der Waals surface area contributed by atoms with Crippen LogP contribution < -0.4 is 10.1 Å². The predicted molar refractivity (Wildman–Crippen MR) is 88.9 cm³/mol. The Bertz CT molecular complexity index is 755. The van der Waals surface area contributed by atoms with Crippen LogP contribution in [0.25, 0.3) is 0 Å². The zero-order chi connectivity index (χ0) is 16.8. The van der Waals surface area contributed by atoms with E-state index >= 15 is 0 Å². The van der Waals surface area contributed by atoms with Gasteiger partial charge in [0.05, 0.1) is 24.0 Å². The number of rotatable bonds is 7. The Morgan fingerprint density at radius 2 is 2.17 bits per heavy atom. The summed E-state index contributed by atoms with van der Waals surface area (Å²) in [5, 5.41) is 14.5. The SMILES string of the molecule is O=C(NCC(O)c1ccco1)c1ccc(OCc2cscn2)cc1. The molecule has 3 aromatic rings. The monoisotopic (exact) mass is 344 g/mol. The van der Waals surface area contributed by atoms with Crippen LogP contribution in [0.2, 0.25) is 0 Å². The molecule has 2 heterocycles. The van der Waals surface area contributed by atoms with Gasteiger partial charge in [-0.05, 0) is 36.4 Å². The molecule has 0 fully saturated rings. The second-order valence-electron chi connectivity index (χ2n) is 5.03. The van der Waals surface area contributed by atoms with Crippen LogP contribution in [0.1, 0.15) is 27.9 Å². The quantitative estimate of drug-likeness (QED) is 0.688. The van der Waals surface area contributed by atoms with E-state index in [9.17, 15) is 9.90 Å². The van der Waals surface area contributed by atoms with Crippen molar-refractivity contribution < 1.29 is 19.1 Å². The summed E-state index contributed by atoms with van der Waals surface area (Å²) in [6, 6.07) is 10.1. The number of hydrogen-bond acceptors (Lipinski definition) is 6. The molecule has 0 aliphatic rings. The summed E-state index contributed by atoms with van der Waals surface area (Å²) in [5.74, 6) is 0.808. The van der Waals surface area contributed by atoms with Crippen molar-refractivity contribution in [3.8, 4) is 5.75 Å². The van der Waals surface area contributed by atoms with Gasteiger partial charge in [-0.3, -0.25) is 4.79 Å². The molecule has 6 nitrogen and oxygen atoms in total. The van der Waals surface area contributed by atoms with E-state index in [1.165, 1.54) is 17.6 Å². The van der Waals surface area contributed by atoms with Crippen molar-refractivity contribution in [3.63, 3.8) is 0 Å². The molecule has 2 N–H and O–H groups in total. The fourth-order valence-corrected chi connectivity index (χ4v) is 2.58. The van der Waals surface area contributed by atoms with Crippen LogP contribution in [-0.4, -0.2) is 22.5 Å². The second-order valence-corrected chi connectivity index (χ2v) is 5.75. The van der Waals surface area contributed by atoms with E-state index in [2.05, 4.69) is 10.3 Å². The molecule has 0 radical (unpaired) electrons. The number of furan rings is 1. The number of carbonyl (C=O) groups is 1. The summed E-state index contributed by atoms with van der Waals surface area (Å²) >= 11 is 1.52. The van der Waals surface area contributed by atoms with Gasteiger partial charge in [0.15, 0.2) is 0 Å². The normalized spacial score (nSPS) is 11.9. The first kappa shape index (κ1) is 16.2. The van der Waals surface area contributed by atoms with Crippen molar-refractivity contribution in [2.45, 2.75) is 12.7 Å². The summed E-state index contributed by atoms with van der Waals surface area (Å²) in [4.78, 5) is 16.2. The van der Waals surface area contributed by atoms with E-state index in [-0.39, 0.29) is 12.5 Å². The van der Waals surface area contributed by atoms with Crippen molar-refractivity contribution in [1.29, 1.82) is 0 Å². The highest BCUT2D eigenvalue weighted by Crippen LogP contribution is 2.15. The lowest BCUT2D eigenvalue weighted by Gasteiger charge is -2.10. The number of thiazole rings is 1. The van der Waals surface area contributed by atoms with Crippen molar-refractivity contribution in [2.24, 2.45) is 0 Å². The van der Waals surface area contributed by atoms with Crippen LogP contribution in [0.4, 0.5) is 0 Å². The molecule has 0 aliphatic carbocycles. The average molecular weight is 344 g/mol. The van der Waals surface area contributed by atoms with Gasteiger partial charge in [0.2, 0.25) is 0 Å². The Hall–Kier alpha value is -2.64. The first-order valence-corrected chi connectivity index (χ1v) is 8.26. The van der Waals surface area contributed by atoms with Gasteiger partial charge < -0.3 is 19.6 Å². The molecule has 2 aromatic heterocycles. The third-order valence-corrected chi connectivity index (χ3v) is 3.95. The van der Waals surface area contributed by atoms with Crippen LogP contribution in [0.5, 0.6) is 5.75 Å². The smallest absolute Gasteiger partial charge is 0.251 e. The zero-order valence-corrected chi connectivity index (χ0v) is 13.5. The Balaban J connectivity index is 1.50. The summed E-state index contributed by atoms with van der Waals surface area (Å²) < 4.78 is 10.7. The molecule has 1 atom stereocenters. The van der Waals surface area contributed by atoms with Crippen LogP contribution in [-0.2, 0) is 6.61 Å². The molecule has 7 heteroatoms. The number of nitrogens with one attached hydrogen (secondary N) is 1. The van der Waals surface area contributed by atoms with Gasteiger partial charge in [-0.25, -0.2) is 4.98 Å². The van der Waals surface area contributed by atoms with Crippen molar-refractivity contribution in [1.82, 2.24) is 10.3 Å². The number of aromatic nitrogens is 1. The first-order valence-electron chi connectivity index (χ1n) is 7.32. The van der Waals surface area contributed by atoms with Gasteiger partial charge in [-0.15, -0.1) is 11.3 Å². The highest BCUT2D eigenvalue weighted by atomic mass is 32.1. The van der Waals surface area contributed by atoms with Crippen LogP contribution in [0.3, 0.4) is 0 Å². The molecule has 1 amide bonds. The van der Waals surface area contributed by atoms with E-state index in [1.54, 1.807) is 41.9 Å². The Kier molecular flexibility index (Phi) is 5.25. The molecule has 0 bridgehead atoms. The predicted octanol–water partition coefficient (Wildman–Crippen LogP) is 2.78. The number of benzene rings is 1. The maximum Gasteiger partial charge on any atom is 0.251 e. The fourth-order valence-electron chi connectivity index (χ4n) is 2.04. The lowest BCUT2D eigenvalue weighted by molar-refractivity contribution is 0.0901. The Labute approximate surface area is 142 Å². The van der Waals surface area contributed by atoms with E-state index in [0.29, 0.717) is 23.7 Å². The molecule has 3 rings (SSSR count). The van der Waals surface area contributed by atoms with E-state index in [4.69, 9.17) is 9.15 Å². The van der Waals surface area contributed by atoms with E-state index in [1.807, 2.05) is 5.38 Å². The highest BCUT2D eigenvalue weighted by molar-refractivity contribution is 7.07. The maximum atomic E-state index is 12.1. The standard InChI is InChI=1S/C17H16N2O4S/c20-15(16-2-1-7-22-16)8-18-17(21)12-3-5-14(6-4-12)23-9-13-10-24-11-19-13/h1-7,10-11,15,20H,8-9H2,(H,18,21). The summed E-state index contributed by atoms with van der Waals surface area (Å²) in [7, 11) is 0. The van der Waals surface area contributed by atoms with Crippen LogP contribution in [0, 0.1) is 0 Å². The van der Waals surface area contributed by atoms with E-state index < -0.39 is 6.10 Å². The number of ether oxygens (including phenoxy) is 1. The van der Waals surface area contributed by atoms with Crippen LogP contribution >= 0.6 is 11.3 Å². The maximum absolute atomic E-state index is 12.1. The lowest BCUT2D eigenvalue weighted by Crippen LogP contribution is -2.28. The number of nitrogens with zero attached hydrogens (tertiary/aromatic N) is 1. The van der Waals surface area contributed by atoms with Gasteiger partial charge in [0.25, 0.3) is 5.91 Å². The molecule has 1 unspecified atom stereocenters. The molecule has 0 spiro atoms. The third-order valence-electron chi connectivity index (χ3n) is 3.31. The molecular weight excluding hydrogens is 328 g/mol. The third kappa shape index (κ3) is 4.21. The summed E-state index contributed by atoms with van der Waals surface area (Å²) in [6.07, 6.45) is 0.606. The molecule has 24 heavy (non-hydrogen) atoms. The molecular formula is C17H16N2O4S. The highest BCUT2D eigenvalue weighted by Gasteiger charge is 2.13. The van der Waals surface area contributed by atoms with Crippen molar-refractivity contribution >= 4 is 17.2 Å². The number of aliphatic hydroxyl groups excluding tert-OH is 1. The number of hydrogen-bond donors (Lipinski definition) is 2. The minimum Gasteiger partial charge on any atom is -0.487 e. The molecule has 0 saturated heterocycles. The molecule has 1 aromatic carbocycles. The lowest BCUT2D eigenvalue weighted by atomic mass is 10.2. The minimum absolute atomic E-state index is 0.0778. The molecule has 0 aliphatic heterocycles. The molecule has 124 valence electrons. The largest absolute Gasteiger partial charge is 0.487 e. The van der Waals surface area contributed by atoms with Gasteiger partial charge >= 0.3 is 0 Å². The Morgan fingerprint density at radius 1 is 1.33 bits per heavy atom. The van der Waals surface area contributed by atoms with Gasteiger partial charge in [0.1, 0.15) is 24.2 Å². The number of amides is 1. The minimum atomic E-state index is -0.871. The summed E-state index contributed by atoms with van der Waals surface area (Å²) in [6.45, 7) is 0.471. The average Bonchev–Trinajstić information content (AvgIpc) is 3.31. The summed E-state index contributed by atoms with van der Waals surface area (Å²) in [5.41, 5.74) is 3.11. The topological polar surface area (TPSA) is 84.6 Å². The number of carbonyl (C=O) groups excluding carboxylic acids is 1. The Morgan fingerprint density at radius 3 is 2.83 bits per heavy atom. The zero-order valence-electron chi connectivity index (χ0n) is 12.7. The van der Waals surface area contributed by atoms with Gasteiger partial charge in [-0.1, -0.05) is 0 Å². The molecule has 0 saturated carbocycles. The van der Waals surface area contributed by atoms with Crippen molar-refractivity contribution in [2.75, 3.05) is 6.54 Å². The van der Waals surface area contributed by atoms with E-state index in [0.717, 1.165) is 5.69 Å². The van der Waals surface area contributed by atoms with Crippen LogP contribution in [0.15, 0.2) is 58.0 Å². The number of aliphatic hydroxyl groups is 1. The van der Waals surface area contributed by atoms with Crippen molar-refractivity contribution in [3.05, 3.63) is 70.6 Å². The van der Waals surface area contributed by atoms with Gasteiger partial charge in [-0.2, -0.15) is 0 Å².